The Balaban J connectivity index is 1.72. The van der Waals surface area contributed by atoms with E-state index in [0.717, 1.165) is 30.1 Å². The molecule has 0 saturated carbocycles. The summed E-state index contributed by atoms with van der Waals surface area (Å²) in [5.41, 5.74) is 3.07. The van der Waals surface area contributed by atoms with Crippen molar-refractivity contribution < 1.29 is 4.79 Å². The van der Waals surface area contributed by atoms with Crippen molar-refractivity contribution in [2.24, 2.45) is 0 Å². The Bertz CT molecular complexity index is 719. The van der Waals surface area contributed by atoms with Gasteiger partial charge in [-0.15, -0.1) is 11.8 Å². The van der Waals surface area contributed by atoms with Gasteiger partial charge >= 0.3 is 6.03 Å². The van der Waals surface area contributed by atoms with E-state index in [1.54, 1.807) is 0 Å². The van der Waals surface area contributed by atoms with E-state index >= 15 is 0 Å². The summed E-state index contributed by atoms with van der Waals surface area (Å²) in [7, 11) is 2.02. The van der Waals surface area contributed by atoms with E-state index in [4.69, 9.17) is 0 Å². The summed E-state index contributed by atoms with van der Waals surface area (Å²) in [5.74, 6) is 1.02. The second-order valence-corrected chi connectivity index (χ2v) is 6.99. The van der Waals surface area contributed by atoms with Crippen LogP contribution in [0.15, 0.2) is 53.4 Å². The third-order valence-electron chi connectivity index (χ3n) is 4.30. The van der Waals surface area contributed by atoms with E-state index < -0.39 is 0 Å². The molecule has 1 atom stereocenters. The molecule has 0 aliphatic carbocycles. The van der Waals surface area contributed by atoms with Gasteiger partial charge in [-0.25, -0.2) is 4.79 Å². The molecule has 0 spiro atoms. The first-order valence-corrected chi connectivity index (χ1v) is 9.27. The molecule has 0 fully saturated rings. The number of nitrogens with one attached hydrogen (secondary N) is 2. The predicted molar refractivity (Wildman–Crippen MR) is 102 cm³/mol. The SMILES string of the molecule is CCN(C)c1ccccc1NC(=O)NC1CCSc2ccccc21. The number of hydrogen-bond acceptors (Lipinski definition) is 3. The fraction of sp³-hybridized carbons (Fsp3) is 0.316. The lowest BCUT2D eigenvalue weighted by atomic mass is 10.0. The summed E-state index contributed by atoms with van der Waals surface area (Å²) in [6.45, 7) is 2.97. The van der Waals surface area contributed by atoms with Crippen molar-refractivity contribution in [2.75, 3.05) is 29.6 Å². The van der Waals surface area contributed by atoms with Crippen molar-refractivity contribution in [3.8, 4) is 0 Å². The molecule has 2 N–H and O–H groups in total. The molecule has 2 amide bonds. The monoisotopic (exact) mass is 341 g/mol. The molecule has 1 aliphatic heterocycles. The number of nitrogens with zero attached hydrogens (tertiary/aromatic N) is 1. The summed E-state index contributed by atoms with van der Waals surface area (Å²) in [4.78, 5) is 15.9. The number of rotatable bonds is 4. The Morgan fingerprint density at radius 3 is 2.79 bits per heavy atom. The molecule has 24 heavy (non-hydrogen) atoms. The highest BCUT2D eigenvalue weighted by Crippen LogP contribution is 2.35. The van der Waals surface area contributed by atoms with Crippen molar-refractivity contribution >= 4 is 29.2 Å². The Kier molecular flexibility index (Phi) is 5.30. The zero-order valence-corrected chi connectivity index (χ0v) is 14.9. The minimum Gasteiger partial charge on any atom is -0.373 e. The maximum Gasteiger partial charge on any atom is 0.319 e. The Morgan fingerprint density at radius 1 is 1.21 bits per heavy atom. The summed E-state index contributed by atoms with van der Waals surface area (Å²) in [6.07, 6.45) is 0.950. The molecule has 0 bridgehead atoms. The van der Waals surface area contributed by atoms with Crippen LogP contribution in [0.5, 0.6) is 0 Å². The van der Waals surface area contributed by atoms with Gasteiger partial charge in [-0.2, -0.15) is 0 Å². The molecule has 126 valence electrons. The summed E-state index contributed by atoms with van der Waals surface area (Å²) in [5, 5.41) is 6.13. The van der Waals surface area contributed by atoms with E-state index in [1.807, 2.05) is 55.2 Å². The zero-order valence-electron chi connectivity index (χ0n) is 14.1. The number of carbonyl (C=O) groups is 1. The number of fused-ring (bicyclic) bond motifs is 1. The van der Waals surface area contributed by atoms with E-state index in [-0.39, 0.29) is 12.1 Å². The highest BCUT2D eigenvalue weighted by molar-refractivity contribution is 7.99. The van der Waals surface area contributed by atoms with Gasteiger partial charge in [-0.1, -0.05) is 30.3 Å². The molecular formula is C19H23N3OS. The van der Waals surface area contributed by atoms with Crippen LogP contribution in [0.2, 0.25) is 0 Å². The maximum atomic E-state index is 12.5. The lowest BCUT2D eigenvalue weighted by Gasteiger charge is -2.26. The summed E-state index contributed by atoms with van der Waals surface area (Å²) < 4.78 is 0. The first kappa shape index (κ1) is 16.7. The van der Waals surface area contributed by atoms with Crippen LogP contribution in [-0.2, 0) is 0 Å². The van der Waals surface area contributed by atoms with Gasteiger partial charge in [0.15, 0.2) is 0 Å². The van der Waals surface area contributed by atoms with Gasteiger partial charge in [0, 0.05) is 24.2 Å². The van der Waals surface area contributed by atoms with Gasteiger partial charge in [0.25, 0.3) is 0 Å². The number of para-hydroxylation sites is 2. The molecule has 3 rings (SSSR count). The smallest absolute Gasteiger partial charge is 0.319 e. The molecule has 2 aromatic rings. The van der Waals surface area contributed by atoms with Gasteiger partial charge in [0.2, 0.25) is 0 Å². The van der Waals surface area contributed by atoms with Crippen LogP contribution in [0.25, 0.3) is 0 Å². The van der Waals surface area contributed by atoms with Crippen molar-refractivity contribution in [2.45, 2.75) is 24.3 Å². The number of benzene rings is 2. The minimum atomic E-state index is -0.154. The number of anilines is 2. The molecule has 1 unspecified atom stereocenters. The molecule has 1 heterocycles. The maximum absolute atomic E-state index is 12.5. The molecule has 0 aromatic heterocycles. The first-order valence-electron chi connectivity index (χ1n) is 8.28. The van der Waals surface area contributed by atoms with Crippen LogP contribution in [-0.4, -0.2) is 25.4 Å². The molecule has 4 nitrogen and oxygen atoms in total. The van der Waals surface area contributed by atoms with Crippen molar-refractivity contribution in [1.29, 1.82) is 0 Å². The zero-order chi connectivity index (χ0) is 16.9. The van der Waals surface area contributed by atoms with Crippen molar-refractivity contribution in [1.82, 2.24) is 5.32 Å². The second kappa shape index (κ2) is 7.62. The third-order valence-corrected chi connectivity index (χ3v) is 5.42. The lowest BCUT2D eigenvalue weighted by molar-refractivity contribution is 0.248. The van der Waals surface area contributed by atoms with Crippen molar-refractivity contribution in [3.05, 3.63) is 54.1 Å². The molecule has 0 saturated heterocycles. The molecule has 1 aliphatic rings. The Hall–Kier alpha value is -2.14. The van der Waals surface area contributed by atoms with Gasteiger partial charge in [-0.3, -0.25) is 0 Å². The number of carbonyl (C=O) groups excluding carboxylic acids is 1. The molecule has 5 heteroatoms. The number of amides is 2. The lowest BCUT2D eigenvalue weighted by Crippen LogP contribution is -2.34. The largest absolute Gasteiger partial charge is 0.373 e. The average molecular weight is 341 g/mol. The first-order chi connectivity index (χ1) is 11.7. The van der Waals surface area contributed by atoms with Gasteiger partial charge in [-0.05, 0) is 37.1 Å². The van der Waals surface area contributed by atoms with Gasteiger partial charge < -0.3 is 15.5 Å². The van der Waals surface area contributed by atoms with E-state index in [2.05, 4.69) is 34.6 Å². The molecular weight excluding hydrogens is 318 g/mol. The quantitative estimate of drug-likeness (QED) is 0.860. The molecule has 2 aromatic carbocycles. The number of hydrogen-bond donors (Lipinski definition) is 2. The normalized spacial score (nSPS) is 16.2. The Labute approximate surface area is 147 Å². The van der Waals surface area contributed by atoms with Crippen molar-refractivity contribution in [3.63, 3.8) is 0 Å². The van der Waals surface area contributed by atoms with Crippen LogP contribution in [0, 0.1) is 0 Å². The highest BCUT2D eigenvalue weighted by atomic mass is 32.2. The summed E-state index contributed by atoms with van der Waals surface area (Å²) in [6, 6.07) is 16.1. The average Bonchev–Trinajstić information content (AvgIpc) is 2.62. The van der Waals surface area contributed by atoms with Crippen LogP contribution in [0.1, 0.15) is 24.9 Å². The van der Waals surface area contributed by atoms with E-state index in [1.165, 1.54) is 10.5 Å². The predicted octanol–water partition coefficient (Wildman–Crippen LogP) is 4.50. The van der Waals surface area contributed by atoms with E-state index in [9.17, 15) is 4.79 Å². The number of urea groups is 1. The van der Waals surface area contributed by atoms with E-state index in [0.29, 0.717) is 0 Å². The topological polar surface area (TPSA) is 44.4 Å². The fourth-order valence-corrected chi connectivity index (χ4v) is 4.02. The Morgan fingerprint density at radius 2 is 1.96 bits per heavy atom. The third kappa shape index (κ3) is 3.67. The molecule has 0 radical (unpaired) electrons. The van der Waals surface area contributed by atoms with Gasteiger partial charge in [0.05, 0.1) is 17.4 Å². The van der Waals surface area contributed by atoms with Crippen LogP contribution in [0.4, 0.5) is 16.2 Å². The highest BCUT2D eigenvalue weighted by Gasteiger charge is 2.22. The summed E-state index contributed by atoms with van der Waals surface area (Å²) >= 11 is 1.85. The van der Waals surface area contributed by atoms with Gasteiger partial charge in [0.1, 0.15) is 0 Å². The van der Waals surface area contributed by atoms with Crippen LogP contribution >= 0.6 is 11.8 Å². The fourth-order valence-electron chi connectivity index (χ4n) is 2.89. The van der Waals surface area contributed by atoms with Crippen LogP contribution in [0.3, 0.4) is 0 Å². The second-order valence-electron chi connectivity index (χ2n) is 5.86. The minimum absolute atomic E-state index is 0.0681. The van der Waals surface area contributed by atoms with Crippen LogP contribution < -0.4 is 15.5 Å². The standard InChI is InChI=1S/C19H23N3OS/c1-3-22(2)17-10-6-5-9-16(17)21-19(23)20-15-12-13-24-18-11-7-4-8-14(15)18/h4-11,15H,3,12-13H2,1-2H3,(H2,20,21,23). The number of thioether (sulfide) groups is 1.